The van der Waals surface area contributed by atoms with Crippen molar-refractivity contribution < 1.29 is 4.79 Å². The molecular formula is C12H25N3O. The Kier molecular flexibility index (Phi) is 4.19. The lowest BCUT2D eigenvalue weighted by Gasteiger charge is -2.36. The van der Waals surface area contributed by atoms with Crippen molar-refractivity contribution in [2.75, 3.05) is 13.1 Å². The van der Waals surface area contributed by atoms with Crippen LogP contribution in [0.25, 0.3) is 0 Å². The number of amides is 2. The summed E-state index contributed by atoms with van der Waals surface area (Å²) in [6.45, 7) is 9.80. The van der Waals surface area contributed by atoms with E-state index in [0.29, 0.717) is 0 Å². The molecule has 0 aromatic rings. The maximum absolute atomic E-state index is 12.0. The van der Waals surface area contributed by atoms with Crippen LogP contribution in [0.4, 0.5) is 4.79 Å². The van der Waals surface area contributed by atoms with Gasteiger partial charge in [-0.15, -0.1) is 0 Å². The van der Waals surface area contributed by atoms with E-state index in [4.69, 9.17) is 5.73 Å². The highest BCUT2D eigenvalue weighted by Gasteiger charge is 2.28. The van der Waals surface area contributed by atoms with Crippen molar-refractivity contribution >= 4 is 6.03 Å². The van der Waals surface area contributed by atoms with Gasteiger partial charge in [-0.05, 0) is 39.5 Å². The minimum absolute atomic E-state index is 0.0224. The normalized spacial score (nSPS) is 20.7. The van der Waals surface area contributed by atoms with Gasteiger partial charge in [0.25, 0.3) is 0 Å². The second kappa shape index (κ2) is 5.04. The number of urea groups is 1. The number of piperidine rings is 1. The van der Waals surface area contributed by atoms with Crippen LogP contribution in [0.5, 0.6) is 0 Å². The van der Waals surface area contributed by atoms with Gasteiger partial charge in [0, 0.05) is 19.1 Å². The van der Waals surface area contributed by atoms with Crippen molar-refractivity contribution in [3.8, 4) is 0 Å². The molecule has 0 aliphatic carbocycles. The second-order valence-electron chi connectivity index (χ2n) is 5.61. The van der Waals surface area contributed by atoms with Crippen LogP contribution in [0.15, 0.2) is 0 Å². The predicted molar refractivity (Wildman–Crippen MR) is 66.2 cm³/mol. The SMILES string of the molecule is CC1CCN(C(=O)NC(C)(C)C(C)N)CC1. The highest BCUT2D eigenvalue weighted by molar-refractivity contribution is 5.75. The molecule has 0 aromatic carbocycles. The average Bonchev–Trinajstić information content (AvgIpc) is 2.17. The molecule has 1 saturated heterocycles. The Morgan fingerprint density at radius 1 is 1.44 bits per heavy atom. The van der Waals surface area contributed by atoms with Gasteiger partial charge in [0.2, 0.25) is 0 Å². The van der Waals surface area contributed by atoms with E-state index in [1.54, 1.807) is 0 Å². The standard InChI is InChI=1S/C12H25N3O/c1-9-5-7-15(8-6-9)11(16)14-12(3,4)10(2)13/h9-10H,5-8,13H2,1-4H3,(H,14,16). The minimum atomic E-state index is -0.347. The Morgan fingerprint density at radius 3 is 2.38 bits per heavy atom. The first kappa shape index (κ1) is 13.3. The van der Waals surface area contributed by atoms with Crippen LogP contribution in [-0.2, 0) is 0 Å². The Bertz CT molecular complexity index is 243. The van der Waals surface area contributed by atoms with Gasteiger partial charge in [-0.2, -0.15) is 0 Å². The maximum Gasteiger partial charge on any atom is 0.317 e. The van der Waals surface area contributed by atoms with E-state index in [-0.39, 0.29) is 17.6 Å². The molecule has 94 valence electrons. The van der Waals surface area contributed by atoms with E-state index in [1.807, 2.05) is 25.7 Å². The Labute approximate surface area is 98.6 Å². The summed E-state index contributed by atoms with van der Waals surface area (Å²) in [6, 6.07) is -0.0330. The van der Waals surface area contributed by atoms with Crippen molar-refractivity contribution in [1.82, 2.24) is 10.2 Å². The molecule has 0 saturated carbocycles. The van der Waals surface area contributed by atoms with Crippen LogP contribution in [-0.4, -0.2) is 35.6 Å². The van der Waals surface area contributed by atoms with E-state index in [9.17, 15) is 4.79 Å². The molecule has 0 spiro atoms. The molecule has 1 unspecified atom stereocenters. The number of hydrogen-bond donors (Lipinski definition) is 2. The number of likely N-dealkylation sites (tertiary alicyclic amines) is 1. The summed E-state index contributed by atoms with van der Waals surface area (Å²) < 4.78 is 0. The average molecular weight is 227 g/mol. The fourth-order valence-corrected chi connectivity index (χ4v) is 1.68. The monoisotopic (exact) mass is 227 g/mol. The molecule has 4 nitrogen and oxygen atoms in total. The third kappa shape index (κ3) is 3.37. The molecule has 16 heavy (non-hydrogen) atoms. The van der Waals surface area contributed by atoms with Gasteiger partial charge < -0.3 is 16.0 Å². The number of nitrogens with two attached hydrogens (primary N) is 1. The number of nitrogens with one attached hydrogen (secondary N) is 1. The molecule has 3 N–H and O–H groups in total. The third-order valence-electron chi connectivity index (χ3n) is 3.64. The van der Waals surface area contributed by atoms with Crippen molar-refractivity contribution in [3.63, 3.8) is 0 Å². The fourth-order valence-electron chi connectivity index (χ4n) is 1.68. The summed E-state index contributed by atoms with van der Waals surface area (Å²) in [5.74, 6) is 0.741. The van der Waals surface area contributed by atoms with Crippen LogP contribution in [0, 0.1) is 5.92 Å². The smallest absolute Gasteiger partial charge is 0.317 e. The summed E-state index contributed by atoms with van der Waals surface area (Å²) in [4.78, 5) is 13.9. The Morgan fingerprint density at radius 2 is 1.94 bits per heavy atom. The number of hydrogen-bond acceptors (Lipinski definition) is 2. The molecule has 4 heteroatoms. The largest absolute Gasteiger partial charge is 0.332 e. The van der Waals surface area contributed by atoms with Crippen LogP contribution < -0.4 is 11.1 Å². The zero-order valence-corrected chi connectivity index (χ0v) is 10.9. The molecule has 0 bridgehead atoms. The Balaban J connectivity index is 2.46. The van der Waals surface area contributed by atoms with Crippen molar-refractivity contribution in [2.45, 2.75) is 52.1 Å². The predicted octanol–water partition coefficient (Wildman–Crippen LogP) is 1.55. The van der Waals surface area contributed by atoms with Gasteiger partial charge in [-0.3, -0.25) is 0 Å². The van der Waals surface area contributed by atoms with Gasteiger partial charge in [-0.25, -0.2) is 4.79 Å². The van der Waals surface area contributed by atoms with Crippen LogP contribution in [0.1, 0.15) is 40.5 Å². The highest BCUT2D eigenvalue weighted by Crippen LogP contribution is 2.16. The van der Waals surface area contributed by atoms with E-state index >= 15 is 0 Å². The molecule has 1 fully saturated rings. The van der Waals surface area contributed by atoms with Crippen LogP contribution >= 0.6 is 0 Å². The summed E-state index contributed by atoms with van der Waals surface area (Å²) in [5, 5.41) is 3.00. The first-order valence-electron chi connectivity index (χ1n) is 6.15. The van der Waals surface area contributed by atoms with E-state index in [1.165, 1.54) is 0 Å². The zero-order valence-electron chi connectivity index (χ0n) is 10.9. The molecular weight excluding hydrogens is 202 g/mol. The lowest BCUT2D eigenvalue weighted by molar-refractivity contribution is 0.162. The molecule has 1 aliphatic rings. The summed E-state index contributed by atoms with van der Waals surface area (Å²) >= 11 is 0. The van der Waals surface area contributed by atoms with E-state index in [0.717, 1.165) is 31.8 Å². The zero-order chi connectivity index (χ0) is 12.3. The topological polar surface area (TPSA) is 58.4 Å². The molecule has 0 aromatic heterocycles. The van der Waals surface area contributed by atoms with Crippen LogP contribution in [0.3, 0.4) is 0 Å². The first-order chi connectivity index (χ1) is 7.33. The number of nitrogens with zero attached hydrogens (tertiary/aromatic N) is 1. The number of rotatable bonds is 2. The van der Waals surface area contributed by atoms with Gasteiger partial charge in [-0.1, -0.05) is 6.92 Å². The summed E-state index contributed by atoms with van der Waals surface area (Å²) in [6.07, 6.45) is 2.21. The third-order valence-corrected chi connectivity index (χ3v) is 3.64. The van der Waals surface area contributed by atoms with E-state index < -0.39 is 0 Å². The van der Waals surface area contributed by atoms with Crippen LogP contribution in [0.2, 0.25) is 0 Å². The van der Waals surface area contributed by atoms with Crippen molar-refractivity contribution in [2.24, 2.45) is 11.7 Å². The first-order valence-corrected chi connectivity index (χ1v) is 6.15. The van der Waals surface area contributed by atoms with Gasteiger partial charge in [0.05, 0.1) is 5.54 Å². The highest BCUT2D eigenvalue weighted by atomic mass is 16.2. The molecule has 1 rings (SSSR count). The molecule has 0 radical (unpaired) electrons. The lowest BCUT2D eigenvalue weighted by atomic mass is 9.96. The fraction of sp³-hybridized carbons (Fsp3) is 0.917. The quantitative estimate of drug-likeness (QED) is 0.752. The Hall–Kier alpha value is -0.770. The van der Waals surface area contributed by atoms with Gasteiger partial charge in [0.15, 0.2) is 0 Å². The van der Waals surface area contributed by atoms with Gasteiger partial charge >= 0.3 is 6.03 Å². The number of carbonyl (C=O) groups excluding carboxylic acids is 1. The lowest BCUT2D eigenvalue weighted by Crippen LogP contribution is -2.58. The number of carbonyl (C=O) groups is 1. The van der Waals surface area contributed by atoms with Gasteiger partial charge in [0.1, 0.15) is 0 Å². The molecule has 1 aliphatic heterocycles. The van der Waals surface area contributed by atoms with E-state index in [2.05, 4.69) is 12.2 Å². The minimum Gasteiger partial charge on any atom is -0.332 e. The van der Waals surface area contributed by atoms with Crippen molar-refractivity contribution in [3.05, 3.63) is 0 Å². The molecule has 1 heterocycles. The molecule has 2 amide bonds. The van der Waals surface area contributed by atoms with Crippen molar-refractivity contribution in [1.29, 1.82) is 0 Å². The summed E-state index contributed by atoms with van der Waals surface area (Å²) in [5.41, 5.74) is 5.49. The maximum atomic E-state index is 12.0. The second-order valence-corrected chi connectivity index (χ2v) is 5.61. The molecule has 1 atom stereocenters. The summed E-state index contributed by atoms with van der Waals surface area (Å²) in [7, 11) is 0.